The highest BCUT2D eigenvalue weighted by Crippen LogP contribution is 2.08. The number of nitrogens with one attached hydrogen (secondary N) is 1. The molecule has 0 aliphatic carbocycles. The van der Waals surface area contributed by atoms with Crippen LogP contribution in [0.3, 0.4) is 0 Å². The van der Waals surface area contributed by atoms with Crippen molar-refractivity contribution in [3.63, 3.8) is 0 Å². The van der Waals surface area contributed by atoms with Gasteiger partial charge in [-0.25, -0.2) is 4.79 Å². The van der Waals surface area contributed by atoms with Crippen molar-refractivity contribution < 1.29 is 14.3 Å². The summed E-state index contributed by atoms with van der Waals surface area (Å²) in [6.45, 7) is 2.44. The normalized spacial score (nSPS) is 9.56. The fourth-order valence-electron chi connectivity index (χ4n) is 1.08. The number of unbranched alkanes of at least 4 members (excludes halogenated alkanes) is 1. The standard InChI is InChI=1S/C12H14NO3/c1-2-3-8-16-12(15)13-11-6-4-10(9-14)5-7-11/h4-7H,2-3,8H2,1H3,(H,13,15). The number of ether oxygens (including phenoxy) is 1. The molecule has 0 saturated heterocycles. The van der Waals surface area contributed by atoms with Gasteiger partial charge in [-0.1, -0.05) is 13.3 Å². The molecule has 0 bridgehead atoms. The first-order valence-electron chi connectivity index (χ1n) is 5.18. The molecule has 1 amide bonds. The molecule has 0 unspecified atom stereocenters. The lowest BCUT2D eigenvalue weighted by molar-refractivity contribution is 0.160. The maximum Gasteiger partial charge on any atom is 0.411 e. The maximum absolute atomic E-state index is 11.2. The maximum atomic E-state index is 11.2. The number of carbonyl (C=O) groups is 1. The number of hydrogen-bond acceptors (Lipinski definition) is 3. The van der Waals surface area contributed by atoms with Crippen molar-refractivity contribution >= 4 is 18.1 Å². The van der Waals surface area contributed by atoms with Gasteiger partial charge in [-0.3, -0.25) is 10.1 Å². The zero-order chi connectivity index (χ0) is 11.8. The van der Waals surface area contributed by atoms with Crippen LogP contribution in [0.15, 0.2) is 24.3 Å². The molecule has 0 saturated carbocycles. The van der Waals surface area contributed by atoms with Crippen LogP contribution in [0.1, 0.15) is 25.3 Å². The monoisotopic (exact) mass is 220 g/mol. The fraction of sp³-hybridized carbons (Fsp3) is 0.333. The smallest absolute Gasteiger partial charge is 0.411 e. The number of carbonyl (C=O) groups excluding carboxylic acids is 2. The van der Waals surface area contributed by atoms with Crippen LogP contribution in [0.5, 0.6) is 0 Å². The molecule has 0 aromatic heterocycles. The van der Waals surface area contributed by atoms with E-state index >= 15 is 0 Å². The number of rotatable bonds is 5. The second-order valence-electron chi connectivity index (χ2n) is 3.29. The highest BCUT2D eigenvalue weighted by atomic mass is 16.5. The molecule has 0 aliphatic rings. The summed E-state index contributed by atoms with van der Waals surface area (Å²) in [6, 6.07) is 6.41. The van der Waals surface area contributed by atoms with E-state index in [1.54, 1.807) is 30.6 Å². The molecular weight excluding hydrogens is 206 g/mol. The van der Waals surface area contributed by atoms with Gasteiger partial charge in [-0.05, 0) is 30.7 Å². The molecule has 16 heavy (non-hydrogen) atoms. The third kappa shape index (κ3) is 4.13. The molecule has 0 atom stereocenters. The topological polar surface area (TPSA) is 55.4 Å². The van der Waals surface area contributed by atoms with Crippen LogP contribution in [0.25, 0.3) is 0 Å². The summed E-state index contributed by atoms with van der Waals surface area (Å²) >= 11 is 0. The van der Waals surface area contributed by atoms with E-state index in [0.29, 0.717) is 17.9 Å². The second-order valence-corrected chi connectivity index (χ2v) is 3.29. The predicted octanol–water partition coefficient (Wildman–Crippen LogP) is 2.49. The summed E-state index contributed by atoms with van der Waals surface area (Å²) in [7, 11) is 0. The van der Waals surface area contributed by atoms with E-state index < -0.39 is 6.09 Å². The Hall–Kier alpha value is -1.84. The van der Waals surface area contributed by atoms with Crippen molar-refractivity contribution in [2.75, 3.05) is 11.9 Å². The van der Waals surface area contributed by atoms with Crippen LogP contribution >= 0.6 is 0 Å². The number of hydrogen-bond donors (Lipinski definition) is 1. The van der Waals surface area contributed by atoms with Crippen molar-refractivity contribution in [1.82, 2.24) is 0 Å². The van der Waals surface area contributed by atoms with Gasteiger partial charge in [0.1, 0.15) is 0 Å². The van der Waals surface area contributed by atoms with E-state index in [9.17, 15) is 9.59 Å². The van der Waals surface area contributed by atoms with Crippen LogP contribution in [0.2, 0.25) is 0 Å². The molecule has 1 radical (unpaired) electrons. The molecule has 0 heterocycles. The molecule has 1 aromatic carbocycles. The van der Waals surface area contributed by atoms with Crippen molar-refractivity contribution in [3.8, 4) is 0 Å². The van der Waals surface area contributed by atoms with E-state index in [1.165, 1.54) is 0 Å². The third-order valence-electron chi connectivity index (χ3n) is 1.98. The van der Waals surface area contributed by atoms with Crippen LogP contribution in [0, 0.1) is 0 Å². The first-order chi connectivity index (χ1) is 7.76. The predicted molar refractivity (Wildman–Crippen MR) is 61.1 cm³/mol. The summed E-state index contributed by atoms with van der Waals surface area (Å²) < 4.78 is 4.92. The number of anilines is 1. The molecule has 1 N–H and O–H groups in total. The highest BCUT2D eigenvalue weighted by Gasteiger charge is 2.02. The minimum absolute atomic E-state index is 0.419. The lowest BCUT2D eigenvalue weighted by Crippen LogP contribution is -2.14. The van der Waals surface area contributed by atoms with Gasteiger partial charge in [-0.15, -0.1) is 0 Å². The average Bonchev–Trinajstić information content (AvgIpc) is 2.30. The van der Waals surface area contributed by atoms with Crippen molar-refractivity contribution in [1.29, 1.82) is 0 Å². The van der Waals surface area contributed by atoms with E-state index in [4.69, 9.17) is 4.74 Å². The Kier molecular flexibility index (Phi) is 5.05. The van der Waals surface area contributed by atoms with E-state index in [2.05, 4.69) is 5.32 Å². The van der Waals surface area contributed by atoms with Crippen LogP contribution in [-0.2, 0) is 9.53 Å². The van der Waals surface area contributed by atoms with Gasteiger partial charge in [-0.2, -0.15) is 0 Å². The van der Waals surface area contributed by atoms with Crippen LogP contribution in [0.4, 0.5) is 10.5 Å². The molecule has 1 aromatic rings. The summed E-state index contributed by atoms with van der Waals surface area (Å²) in [5.41, 5.74) is 1.05. The highest BCUT2D eigenvalue weighted by molar-refractivity contribution is 5.85. The Labute approximate surface area is 94.6 Å². The molecule has 4 nitrogen and oxygen atoms in total. The summed E-state index contributed by atoms with van der Waals surface area (Å²) in [6.07, 6.45) is 3.12. The second kappa shape index (κ2) is 6.61. The molecule has 4 heteroatoms. The van der Waals surface area contributed by atoms with Gasteiger partial charge in [0.05, 0.1) is 6.61 Å². The van der Waals surface area contributed by atoms with Crippen molar-refractivity contribution in [2.24, 2.45) is 0 Å². The molecule has 0 fully saturated rings. The molecule has 85 valence electrons. The first-order valence-corrected chi connectivity index (χ1v) is 5.18. The first kappa shape index (κ1) is 12.2. The van der Waals surface area contributed by atoms with Crippen molar-refractivity contribution in [2.45, 2.75) is 19.8 Å². The minimum atomic E-state index is -0.476. The van der Waals surface area contributed by atoms with E-state index in [-0.39, 0.29) is 0 Å². The Bertz CT molecular complexity index is 346. The Morgan fingerprint density at radius 2 is 2.06 bits per heavy atom. The Balaban J connectivity index is 2.40. The van der Waals surface area contributed by atoms with Gasteiger partial charge in [0, 0.05) is 11.3 Å². The van der Waals surface area contributed by atoms with Crippen molar-refractivity contribution in [3.05, 3.63) is 29.8 Å². The summed E-state index contributed by atoms with van der Waals surface area (Å²) in [4.78, 5) is 21.5. The van der Waals surface area contributed by atoms with Gasteiger partial charge < -0.3 is 4.74 Å². The number of benzene rings is 1. The van der Waals surface area contributed by atoms with E-state index in [1.807, 2.05) is 6.92 Å². The van der Waals surface area contributed by atoms with Crippen LogP contribution < -0.4 is 5.32 Å². The molecule has 1 rings (SSSR count). The van der Waals surface area contributed by atoms with Gasteiger partial charge >= 0.3 is 6.09 Å². The van der Waals surface area contributed by atoms with Gasteiger partial charge in [0.2, 0.25) is 6.29 Å². The molecule has 0 spiro atoms. The Morgan fingerprint density at radius 3 is 2.62 bits per heavy atom. The lowest BCUT2D eigenvalue weighted by Gasteiger charge is -2.06. The van der Waals surface area contributed by atoms with Gasteiger partial charge in [0.25, 0.3) is 0 Å². The van der Waals surface area contributed by atoms with Gasteiger partial charge in [0.15, 0.2) is 0 Å². The largest absolute Gasteiger partial charge is 0.449 e. The summed E-state index contributed by atoms with van der Waals surface area (Å²) in [5, 5.41) is 2.56. The van der Waals surface area contributed by atoms with E-state index in [0.717, 1.165) is 12.8 Å². The zero-order valence-corrected chi connectivity index (χ0v) is 9.16. The summed E-state index contributed by atoms with van der Waals surface area (Å²) in [5.74, 6) is 0. The Morgan fingerprint density at radius 1 is 1.38 bits per heavy atom. The fourth-order valence-corrected chi connectivity index (χ4v) is 1.08. The quantitative estimate of drug-likeness (QED) is 0.775. The SMILES string of the molecule is CCCCOC(=O)Nc1ccc([C]=O)cc1. The number of amides is 1. The molecule has 0 aliphatic heterocycles. The zero-order valence-electron chi connectivity index (χ0n) is 9.16. The lowest BCUT2D eigenvalue weighted by atomic mass is 10.2. The average molecular weight is 220 g/mol. The minimum Gasteiger partial charge on any atom is -0.449 e. The molecular formula is C12H14NO3. The van der Waals surface area contributed by atoms with Crippen LogP contribution in [-0.4, -0.2) is 19.0 Å². The third-order valence-corrected chi connectivity index (χ3v) is 1.98.